The Labute approximate surface area is 166 Å². The summed E-state index contributed by atoms with van der Waals surface area (Å²) in [7, 11) is -3.20. The van der Waals surface area contributed by atoms with Crippen molar-refractivity contribution in [2.24, 2.45) is 0 Å². The summed E-state index contributed by atoms with van der Waals surface area (Å²) in [6.07, 6.45) is 4.46. The second kappa shape index (κ2) is 7.51. The van der Waals surface area contributed by atoms with E-state index in [1.54, 1.807) is 30.5 Å². The molecule has 1 aliphatic rings. The highest BCUT2D eigenvalue weighted by molar-refractivity contribution is 7.91. The summed E-state index contributed by atoms with van der Waals surface area (Å²) in [4.78, 5) is 20.5. The Morgan fingerprint density at radius 2 is 1.86 bits per heavy atom. The molecule has 0 unspecified atom stereocenters. The van der Waals surface area contributed by atoms with Gasteiger partial charge >= 0.3 is 6.03 Å². The van der Waals surface area contributed by atoms with E-state index in [1.807, 2.05) is 0 Å². The van der Waals surface area contributed by atoms with Gasteiger partial charge in [0.2, 0.25) is 0 Å². The van der Waals surface area contributed by atoms with E-state index < -0.39 is 15.9 Å². The molecule has 0 radical (unpaired) electrons. The van der Waals surface area contributed by atoms with Crippen molar-refractivity contribution in [2.45, 2.75) is 23.8 Å². The highest BCUT2D eigenvalue weighted by atomic mass is 32.2. The van der Waals surface area contributed by atoms with Gasteiger partial charge in [0.1, 0.15) is 5.82 Å². The van der Waals surface area contributed by atoms with Gasteiger partial charge in [0, 0.05) is 23.5 Å². The summed E-state index contributed by atoms with van der Waals surface area (Å²) < 4.78 is 24.5. The van der Waals surface area contributed by atoms with Gasteiger partial charge in [-0.05, 0) is 37.1 Å². The monoisotopic (exact) mass is 413 g/mol. The molecule has 0 atom stereocenters. The molecule has 5 N–H and O–H groups in total. The molecule has 2 aromatic heterocycles. The van der Waals surface area contributed by atoms with E-state index in [0.29, 0.717) is 41.3 Å². The molecule has 0 aliphatic heterocycles. The average Bonchev–Trinajstić information content (AvgIpc) is 3.41. The first-order chi connectivity index (χ1) is 13.9. The highest BCUT2D eigenvalue weighted by Crippen LogP contribution is 2.31. The fourth-order valence-electron chi connectivity index (χ4n) is 2.79. The summed E-state index contributed by atoms with van der Waals surface area (Å²) in [5, 5.41) is 11.4. The SMILES string of the molecule is Nc1cc(CS(=O)(=O)C2CC2)nc(-c2ccc(NC(=O)Nc3cn[nH]c3)cc2)n1. The Morgan fingerprint density at radius 1 is 1.14 bits per heavy atom. The molecule has 0 saturated heterocycles. The molecule has 3 aromatic rings. The lowest BCUT2D eigenvalue weighted by Crippen LogP contribution is -2.18. The average molecular weight is 413 g/mol. The summed E-state index contributed by atoms with van der Waals surface area (Å²) in [5.74, 6) is 0.392. The standard InChI is InChI=1S/C18H19N7O3S/c19-16-7-13(10-29(27,28)15-5-6-15)22-17(25-16)11-1-3-12(4-2-11)23-18(26)24-14-8-20-21-9-14/h1-4,7-9,15H,5-6,10H2,(H,20,21)(H2,19,22,25)(H2,23,24,26). The number of aromatic amines is 1. The van der Waals surface area contributed by atoms with Gasteiger partial charge in [0.15, 0.2) is 15.7 Å². The Hall–Kier alpha value is -3.47. The summed E-state index contributed by atoms with van der Waals surface area (Å²) in [6, 6.07) is 7.91. The molecular weight excluding hydrogens is 394 g/mol. The lowest BCUT2D eigenvalue weighted by atomic mass is 10.2. The Kier molecular flexibility index (Phi) is 4.89. The Bertz CT molecular complexity index is 1120. The molecule has 0 spiro atoms. The fourth-order valence-corrected chi connectivity index (χ4v) is 4.44. The van der Waals surface area contributed by atoms with Crippen LogP contribution in [0.5, 0.6) is 0 Å². The molecular formula is C18H19N7O3S. The predicted molar refractivity (Wildman–Crippen MR) is 109 cm³/mol. The van der Waals surface area contributed by atoms with Crippen LogP contribution in [0.3, 0.4) is 0 Å². The number of rotatable bonds is 6. The molecule has 2 heterocycles. The summed E-state index contributed by atoms with van der Waals surface area (Å²) in [5.41, 5.74) is 7.99. The molecule has 0 bridgehead atoms. The maximum absolute atomic E-state index is 12.2. The molecule has 29 heavy (non-hydrogen) atoms. The van der Waals surface area contributed by atoms with Crippen molar-refractivity contribution in [3.63, 3.8) is 0 Å². The molecule has 4 rings (SSSR count). The maximum atomic E-state index is 12.2. The van der Waals surface area contributed by atoms with Crippen LogP contribution in [0, 0.1) is 0 Å². The molecule has 1 fully saturated rings. The zero-order valence-corrected chi connectivity index (χ0v) is 16.1. The van der Waals surface area contributed by atoms with Crippen LogP contribution in [0.4, 0.5) is 22.0 Å². The molecule has 1 aromatic carbocycles. The van der Waals surface area contributed by atoms with Gasteiger partial charge in [-0.15, -0.1) is 0 Å². The Morgan fingerprint density at radius 3 is 2.52 bits per heavy atom. The van der Waals surface area contributed by atoms with E-state index in [1.165, 1.54) is 12.3 Å². The minimum Gasteiger partial charge on any atom is -0.384 e. The smallest absolute Gasteiger partial charge is 0.323 e. The van der Waals surface area contributed by atoms with E-state index in [2.05, 4.69) is 30.8 Å². The van der Waals surface area contributed by atoms with Crippen molar-refractivity contribution >= 4 is 33.1 Å². The number of anilines is 3. The third-order valence-electron chi connectivity index (χ3n) is 4.34. The van der Waals surface area contributed by atoms with Gasteiger partial charge in [-0.3, -0.25) is 5.10 Å². The lowest BCUT2D eigenvalue weighted by molar-refractivity contribution is 0.262. The van der Waals surface area contributed by atoms with Crippen molar-refractivity contribution in [1.29, 1.82) is 0 Å². The predicted octanol–water partition coefficient (Wildman–Crippen LogP) is 2.17. The molecule has 10 nitrogen and oxygen atoms in total. The second-order valence-corrected chi connectivity index (χ2v) is 9.04. The third-order valence-corrected chi connectivity index (χ3v) is 6.52. The lowest BCUT2D eigenvalue weighted by Gasteiger charge is -2.09. The largest absolute Gasteiger partial charge is 0.384 e. The van der Waals surface area contributed by atoms with Crippen LogP contribution < -0.4 is 16.4 Å². The number of nitrogen functional groups attached to an aromatic ring is 1. The number of nitrogens with one attached hydrogen (secondary N) is 3. The quantitative estimate of drug-likeness (QED) is 0.482. The van der Waals surface area contributed by atoms with E-state index in [0.717, 1.165) is 0 Å². The number of nitrogens with zero attached hydrogens (tertiary/aromatic N) is 3. The van der Waals surface area contributed by atoms with Crippen LogP contribution in [-0.2, 0) is 15.6 Å². The van der Waals surface area contributed by atoms with Crippen molar-refractivity contribution in [3.05, 3.63) is 48.4 Å². The fraction of sp³-hybridized carbons (Fsp3) is 0.222. The van der Waals surface area contributed by atoms with E-state index in [-0.39, 0.29) is 16.8 Å². The Balaban J connectivity index is 1.47. The third kappa shape index (κ3) is 4.69. The summed E-state index contributed by atoms with van der Waals surface area (Å²) >= 11 is 0. The van der Waals surface area contributed by atoms with Gasteiger partial charge in [-0.2, -0.15) is 5.10 Å². The number of carbonyl (C=O) groups is 1. The van der Waals surface area contributed by atoms with Crippen molar-refractivity contribution in [1.82, 2.24) is 20.2 Å². The van der Waals surface area contributed by atoms with Crippen LogP contribution in [0.2, 0.25) is 0 Å². The van der Waals surface area contributed by atoms with Crippen LogP contribution in [0.1, 0.15) is 18.5 Å². The van der Waals surface area contributed by atoms with Crippen molar-refractivity contribution in [3.8, 4) is 11.4 Å². The van der Waals surface area contributed by atoms with Crippen LogP contribution in [0.25, 0.3) is 11.4 Å². The van der Waals surface area contributed by atoms with Gasteiger partial charge < -0.3 is 16.4 Å². The number of H-pyrrole nitrogens is 1. The van der Waals surface area contributed by atoms with E-state index in [9.17, 15) is 13.2 Å². The zero-order chi connectivity index (χ0) is 20.4. The molecule has 11 heteroatoms. The van der Waals surface area contributed by atoms with Crippen LogP contribution in [0.15, 0.2) is 42.7 Å². The number of amides is 2. The van der Waals surface area contributed by atoms with Gasteiger partial charge in [0.05, 0.1) is 28.6 Å². The highest BCUT2D eigenvalue weighted by Gasteiger charge is 2.35. The number of benzene rings is 1. The van der Waals surface area contributed by atoms with Crippen molar-refractivity contribution < 1.29 is 13.2 Å². The first-order valence-corrected chi connectivity index (χ1v) is 10.6. The number of hydrogen-bond acceptors (Lipinski definition) is 7. The molecule has 1 aliphatic carbocycles. The number of carbonyl (C=O) groups excluding carboxylic acids is 1. The van der Waals surface area contributed by atoms with E-state index >= 15 is 0 Å². The number of urea groups is 1. The molecule has 150 valence electrons. The number of nitrogens with two attached hydrogens (primary N) is 1. The number of hydrogen-bond donors (Lipinski definition) is 4. The molecule has 1 saturated carbocycles. The zero-order valence-electron chi connectivity index (χ0n) is 15.3. The van der Waals surface area contributed by atoms with Gasteiger partial charge in [-0.1, -0.05) is 0 Å². The van der Waals surface area contributed by atoms with Gasteiger partial charge in [-0.25, -0.2) is 23.2 Å². The van der Waals surface area contributed by atoms with Gasteiger partial charge in [0.25, 0.3) is 0 Å². The second-order valence-electron chi connectivity index (χ2n) is 6.76. The normalized spacial score (nSPS) is 13.8. The first-order valence-electron chi connectivity index (χ1n) is 8.91. The van der Waals surface area contributed by atoms with E-state index in [4.69, 9.17) is 5.73 Å². The summed E-state index contributed by atoms with van der Waals surface area (Å²) in [6.45, 7) is 0. The topological polar surface area (TPSA) is 156 Å². The minimum atomic E-state index is -3.20. The van der Waals surface area contributed by atoms with Crippen LogP contribution >= 0.6 is 0 Å². The maximum Gasteiger partial charge on any atom is 0.323 e. The molecule has 2 amide bonds. The van der Waals surface area contributed by atoms with Crippen LogP contribution in [-0.4, -0.2) is 39.9 Å². The number of aromatic nitrogens is 4. The minimum absolute atomic E-state index is 0.148. The van der Waals surface area contributed by atoms with Crippen molar-refractivity contribution in [2.75, 3.05) is 16.4 Å². The first kappa shape index (κ1) is 18.9. The number of sulfone groups is 1.